The molecule has 0 atom stereocenters. The van der Waals surface area contributed by atoms with Gasteiger partial charge in [0, 0.05) is 24.5 Å². The highest BCUT2D eigenvalue weighted by Gasteiger charge is 2.03. The average molecular weight is 312 g/mol. The van der Waals surface area contributed by atoms with E-state index >= 15 is 0 Å². The van der Waals surface area contributed by atoms with E-state index in [1.807, 2.05) is 19.1 Å². The van der Waals surface area contributed by atoms with E-state index in [0.717, 1.165) is 22.3 Å². The van der Waals surface area contributed by atoms with Gasteiger partial charge in [0.2, 0.25) is 5.95 Å². The minimum Gasteiger partial charge on any atom is -0.508 e. The predicted molar refractivity (Wildman–Crippen MR) is 89.3 cm³/mol. The molecule has 0 amide bonds. The molecule has 3 aromatic rings. The van der Waals surface area contributed by atoms with Crippen molar-refractivity contribution >= 4 is 22.5 Å². The number of phenols is 1. The normalized spacial score (nSPS) is 10.7. The molecule has 0 unspecified atom stereocenters. The second-order valence-corrected chi connectivity index (χ2v) is 5.22. The zero-order chi connectivity index (χ0) is 16.2. The summed E-state index contributed by atoms with van der Waals surface area (Å²) in [6.45, 7) is 3.19. The molecule has 0 spiro atoms. The fourth-order valence-corrected chi connectivity index (χ4v) is 2.37. The highest BCUT2D eigenvalue weighted by Crippen LogP contribution is 2.23. The summed E-state index contributed by atoms with van der Waals surface area (Å²) < 4.78 is 13.0. The number of fused-ring (bicyclic) bond motifs is 1. The fraction of sp³-hybridized carbons (Fsp3) is 0.176. The van der Waals surface area contributed by atoms with Crippen LogP contribution in [0.1, 0.15) is 5.56 Å². The summed E-state index contributed by atoms with van der Waals surface area (Å²) in [6.07, 6.45) is 0. The maximum Gasteiger partial charge on any atom is 0.214 e. The summed E-state index contributed by atoms with van der Waals surface area (Å²) in [5.41, 5.74) is 1.82. The molecule has 0 fully saturated rings. The van der Waals surface area contributed by atoms with Crippen molar-refractivity contribution < 1.29 is 9.50 Å². The minimum atomic E-state index is -0.505. The molecule has 3 rings (SSSR count). The third-order valence-corrected chi connectivity index (χ3v) is 3.45. The number of rotatable bonds is 5. The molecule has 0 bridgehead atoms. The van der Waals surface area contributed by atoms with Gasteiger partial charge in [0.25, 0.3) is 0 Å². The number of aryl methyl sites for hydroxylation is 1. The van der Waals surface area contributed by atoms with Crippen LogP contribution in [0.2, 0.25) is 0 Å². The maximum atomic E-state index is 13.0. The highest BCUT2D eigenvalue weighted by atomic mass is 19.1. The Morgan fingerprint density at radius 1 is 1.00 bits per heavy atom. The first-order valence-corrected chi connectivity index (χ1v) is 7.32. The molecule has 0 saturated carbocycles. The van der Waals surface area contributed by atoms with Crippen LogP contribution in [0.25, 0.3) is 10.9 Å². The molecular weight excluding hydrogens is 295 g/mol. The first-order valence-electron chi connectivity index (χ1n) is 7.32. The topological polar surface area (TPSA) is 70.1 Å². The van der Waals surface area contributed by atoms with Crippen LogP contribution in [0.15, 0.2) is 42.5 Å². The minimum absolute atomic E-state index is 0.195. The van der Waals surface area contributed by atoms with Crippen molar-refractivity contribution in [1.82, 2.24) is 9.97 Å². The lowest BCUT2D eigenvalue weighted by Crippen LogP contribution is -2.15. The van der Waals surface area contributed by atoms with Gasteiger partial charge in [-0.2, -0.15) is 4.39 Å². The fourth-order valence-electron chi connectivity index (χ4n) is 2.37. The van der Waals surface area contributed by atoms with Crippen molar-refractivity contribution in [1.29, 1.82) is 0 Å². The van der Waals surface area contributed by atoms with E-state index in [9.17, 15) is 9.50 Å². The molecule has 2 aromatic heterocycles. The molecule has 0 aliphatic heterocycles. The van der Waals surface area contributed by atoms with Crippen LogP contribution in [0.3, 0.4) is 0 Å². The van der Waals surface area contributed by atoms with Crippen molar-refractivity contribution in [2.45, 2.75) is 6.92 Å². The Balaban J connectivity index is 1.63. The van der Waals surface area contributed by atoms with Crippen LogP contribution < -0.4 is 10.6 Å². The Morgan fingerprint density at radius 3 is 2.57 bits per heavy atom. The van der Waals surface area contributed by atoms with E-state index < -0.39 is 5.95 Å². The molecule has 1 aromatic carbocycles. The number of pyridine rings is 2. The molecule has 6 heteroatoms. The highest BCUT2D eigenvalue weighted by molar-refractivity contribution is 5.85. The Morgan fingerprint density at radius 2 is 1.78 bits per heavy atom. The van der Waals surface area contributed by atoms with Crippen molar-refractivity contribution in [3.63, 3.8) is 0 Å². The summed E-state index contributed by atoms with van der Waals surface area (Å²) in [4.78, 5) is 8.21. The number of anilines is 2. The Labute approximate surface area is 133 Å². The lowest BCUT2D eigenvalue weighted by molar-refractivity contribution is 0.476. The Kier molecular flexibility index (Phi) is 4.23. The number of aromatic nitrogens is 2. The van der Waals surface area contributed by atoms with E-state index in [1.165, 1.54) is 6.07 Å². The number of phenolic OH excluding ortho intramolecular Hbond substituents is 1. The lowest BCUT2D eigenvalue weighted by Gasteiger charge is -2.10. The second-order valence-electron chi connectivity index (χ2n) is 5.22. The smallest absolute Gasteiger partial charge is 0.214 e. The number of nitrogens with one attached hydrogen (secondary N) is 2. The molecule has 0 aliphatic carbocycles. The lowest BCUT2D eigenvalue weighted by atomic mass is 10.1. The molecule has 0 radical (unpaired) electrons. The molecule has 2 heterocycles. The number of halogens is 1. The van der Waals surface area contributed by atoms with Gasteiger partial charge in [-0.1, -0.05) is 6.07 Å². The Bertz CT molecular complexity index is 838. The first kappa shape index (κ1) is 15.0. The van der Waals surface area contributed by atoms with Crippen molar-refractivity contribution in [3.8, 4) is 5.75 Å². The zero-order valence-electron chi connectivity index (χ0n) is 12.7. The summed E-state index contributed by atoms with van der Waals surface area (Å²) in [5.74, 6) is 0.920. The summed E-state index contributed by atoms with van der Waals surface area (Å²) in [6, 6.07) is 11.7. The predicted octanol–water partition coefficient (Wildman–Crippen LogP) is 3.31. The van der Waals surface area contributed by atoms with Gasteiger partial charge in [-0.3, -0.25) is 0 Å². The zero-order valence-corrected chi connectivity index (χ0v) is 12.7. The van der Waals surface area contributed by atoms with Gasteiger partial charge in [-0.25, -0.2) is 9.97 Å². The molecular formula is C17H17FN4O. The van der Waals surface area contributed by atoms with E-state index in [-0.39, 0.29) is 5.75 Å². The number of benzene rings is 1. The molecule has 23 heavy (non-hydrogen) atoms. The first-order chi connectivity index (χ1) is 11.1. The van der Waals surface area contributed by atoms with Gasteiger partial charge >= 0.3 is 0 Å². The Hall–Kier alpha value is -2.89. The monoisotopic (exact) mass is 312 g/mol. The van der Waals surface area contributed by atoms with Gasteiger partial charge in [0.1, 0.15) is 17.4 Å². The SMILES string of the molecule is Cc1cc(NCCNc2cccc(F)n2)nc2cc(O)ccc12. The molecule has 5 nitrogen and oxygen atoms in total. The van der Waals surface area contributed by atoms with Crippen molar-refractivity contribution in [3.05, 3.63) is 54.0 Å². The third-order valence-electron chi connectivity index (χ3n) is 3.45. The van der Waals surface area contributed by atoms with Crippen LogP contribution in [0.5, 0.6) is 5.75 Å². The molecule has 3 N–H and O–H groups in total. The van der Waals surface area contributed by atoms with Gasteiger partial charge in [0.15, 0.2) is 0 Å². The van der Waals surface area contributed by atoms with E-state index in [0.29, 0.717) is 18.9 Å². The molecule has 0 aliphatic rings. The van der Waals surface area contributed by atoms with Crippen LogP contribution in [-0.2, 0) is 0 Å². The number of hydrogen-bond acceptors (Lipinski definition) is 5. The number of hydrogen-bond donors (Lipinski definition) is 3. The van der Waals surface area contributed by atoms with Gasteiger partial charge < -0.3 is 15.7 Å². The quantitative estimate of drug-likeness (QED) is 0.498. The van der Waals surface area contributed by atoms with Crippen LogP contribution in [0, 0.1) is 12.9 Å². The third kappa shape index (κ3) is 3.66. The van der Waals surface area contributed by atoms with Gasteiger partial charge in [-0.15, -0.1) is 0 Å². The number of aromatic hydroxyl groups is 1. The summed E-state index contributed by atoms with van der Waals surface area (Å²) in [5, 5.41) is 16.8. The van der Waals surface area contributed by atoms with Crippen molar-refractivity contribution in [2.24, 2.45) is 0 Å². The maximum absolute atomic E-state index is 13.0. The molecule has 118 valence electrons. The second kappa shape index (κ2) is 6.48. The van der Waals surface area contributed by atoms with Crippen LogP contribution >= 0.6 is 0 Å². The molecule has 0 saturated heterocycles. The largest absolute Gasteiger partial charge is 0.508 e. The van der Waals surface area contributed by atoms with Gasteiger partial charge in [0.05, 0.1) is 5.52 Å². The van der Waals surface area contributed by atoms with E-state index in [4.69, 9.17) is 0 Å². The standard InChI is InChI=1S/C17H17FN4O/c1-11-9-17(21-14-10-12(23)5-6-13(11)14)20-8-7-19-16-4-2-3-15(18)22-16/h2-6,9-10,23H,7-8H2,1H3,(H,19,22)(H,20,21). The summed E-state index contributed by atoms with van der Waals surface area (Å²) in [7, 11) is 0. The van der Waals surface area contributed by atoms with Crippen LogP contribution in [-0.4, -0.2) is 28.2 Å². The van der Waals surface area contributed by atoms with Crippen molar-refractivity contribution in [2.75, 3.05) is 23.7 Å². The van der Waals surface area contributed by atoms with E-state index in [2.05, 4.69) is 20.6 Å². The summed E-state index contributed by atoms with van der Waals surface area (Å²) >= 11 is 0. The average Bonchev–Trinajstić information content (AvgIpc) is 2.51. The number of nitrogens with zero attached hydrogens (tertiary/aromatic N) is 2. The van der Waals surface area contributed by atoms with E-state index in [1.54, 1.807) is 24.3 Å². The van der Waals surface area contributed by atoms with Gasteiger partial charge in [-0.05, 0) is 42.8 Å². The van der Waals surface area contributed by atoms with Crippen LogP contribution in [0.4, 0.5) is 16.0 Å².